The van der Waals surface area contributed by atoms with Crippen molar-refractivity contribution in [3.63, 3.8) is 0 Å². The third-order valence-corrected chi connectivity index (χ3v) is 2.58. The highest BCUT2D eigenvalue weighted by Crippen LogP contribution is 2.13. The van der Waals surface area contributed by atoms with Crippen LogP contribution in [-0.2, 0) is 0 Å². The van der Waals surface area contributed by atoms with Crippen LogP contribution in [0.4, 0.5) is 0 Å². The van der Waals surface area contributed by atoms with E-state index in [9.17, 15) is 5.21 Å². The molecule has 5 nitrogen and oxygen atoms in total. The van der Waals surface area contributed by atoms with Gasteiger partial charge in [0.25, 0.3) is 0 Å². The van der Waals surface area contributed by atoms with Gasteiger partial charge >= 0.3 is 0 Å². The number of benzene rings is 1. The third kappa shape index (κ3) is 1.52. The molecule has 0 atom stereocenters. The molecule has 2 heterocycles. The average molecular weight is 226 g/mol. The van der Waals surface area contributed by atoms with Gasteiger partial charge in [0.05, 0.1) is 0 Å². The van der Waals surface area contributed by atoms with Gasteiger partial charge in [-0.15, -0.1) is 4.85 Å². The highest BCUT2D eigenvalue weighted by Gasteiger charge is 2.16. The Morgan fingerprint density at radius 3 is 2.76 bits per heavy atom. The summed E-state index contributed by atoms with van der Waals surface area (Å²) in [7, 11) is 0. The second-order valence-corrected chi connectivity index (χ2v) is 3.80. The Hall–Kier alpha value is -2.43. The average Bonchev–Trinajstić information content (AvgIpc) is 2.68. The van der Waals surface area contributed by atoms with Crippen LogP contribution in [0.2, 0.25) is 0 Å². The van der Waals surface area contributed by atoms with Crippen LogP contribution in [0.25, 0.3) is 16.9 Å². The fourth-order valence-electron chi connectivity index (χ4n) is 1.80. The van der Waals surface area contributed by atoms with Crippen LogP contribution in [0.15, 0.2) is 42.5 Å². The van der Waals surface area contributed by atoms with Crippen LogP contribution in [0, 0.1) is 12.1 Å². The van der Waals surface area contributed by atoms with E-state index < -0.39 is 0 Å². The van der Waals surface area contributed by atoms with E-state index in [0.717, 1.165) is 11.2 Å². The minimum absolute atomic E-state index is 0.538. The first-order valence-corrected chi connectivity index (χ1v) is 5.27. The summed E-state index contributed by atoms with van der Waals surface area (Å²) in [6.07, 6.45) is 0. The molecule has 0 aliphatic rings. The first kappa shape index (κ1) is 9.77. The van der Waals surface area contributed by atoms with Gasteiger partial charge in [0, 0.05) is 11.8 Å². The molecule has 0 spiro atoms. The molecule has 0 fully saturated rings. The van der Waals surface area contributed by atoms with E-state index in [1.807, 2.05) is 43.3 Å². The van der Waals surface area contributed by atoms with E-state index in [2.05, 4.69) is 10.2 Å². The molecule has 3 aromatic rings. The Kier molecular flexibility index (Phi) is 2.04. The molecule has 5 heteroatoms. The first-order chi connectivity index (χ1) is 8.25. The summed E-state index contributed by atoms with van der Waals surface area (Å²) < 4.78 is 1.55. The number of aromatic nitrogens is 4. The van der Waals surface area contributed by atoms with E-state index in [1.54, 1.807) is 10.7 Å². The van der Waals surface area contributed by atoms with Crippen molar-refractivity contribution in [1.29, 1.82) is 0 Å². The van der Waals surface area contributed by atoms with Crippen molar-refractivity contribution in [3.05, 3.63) is 53.4 Å². The number of hydrogen-bond acceptors (Lipinski definition) is 3. The van der Waals surface area contributed by atoms with E-state index >= 15 is 0 Å². The summed E-state index contributed by atoms with van der Waals surface area (Å²) in [5.74, 6) is 0.649. The summed E-state index contributed by atoms with van der Waals surface area (Å²) in [6, 6.07) is 12.9. The third-order valence-electron chi connectivity index (χ3n) is 2.58. The van der Waals surface area contributed by atoms with E-state index in [4.69, 9.17) is 0 Å². The second kappa shape index (κ2) is 3.55. The summed E-state index contributed by atoms with van der Waals surface area (Å²) in [4.78, 5) is 4.97. The van der Waals surface area contributed by atoms with Crippen LogP contribution in [-0.4, -0.2) is 14.9 Å². The van der Waals surface area contributed by atoms with Gasteiger partial charge in [0.1, 0.15) is 5.21 Å². The number of pyridine rings is 1. The molecule has 2 aromatic heterocycles. The monoisotopic (exact) mass is 226 g/mol. The van der Waals surface area contributed by atoms with Crippen molar-refractivity contribution in [1.82, 2.24) is 14.9 Å². The Labute approximate surface area is 97.5 Å². The summed E-state index contributed by atoms with van der Waals surface area (Å²) >= 11 is 0. The van der Waals surface area contributed by atoms with Crippen molar-refractivity contribution in [3.8, 4) is 5.82 Å². The summed E-state index contributed by atoms with van der Waals surface area (Å²) in [6.45, 7) is 1.90. The zero-order valence-electron chi connectivity index (χ0n) is 9.24. The molecule has 0 amide bonds. The maximum Gasteiger partial charge on any atom is 0.248 e. The molecule has 3 rings (SSSR count). The van der Waals surface area contributed by atoms with Crippen LogP contribution in [0.3, 0.4) is 0 Å². The fourth-order valence-corrected chi connectivity index (χ4v) is 1.80. The van der Waals surface area contributed by atoms with Gasteiger partial charge in [-0.2, -0.15) is 0 Å². The van der Waals surface area contributed by atoms with Gasteiger partial charge in [-0.25, -0.2) is 4.98 Å². The molecule has 0 N–H and O–H groups in total. The SMILES string of the molecule is Cc1cccc(-n2n[n+]([O-])c3ccccc32)n1. The smallest absolute Gasteiger partial charge is 0.248 e. The molecule has 0 bridgehead atoms. The molecule has 0 saturated carbocycles. The number of rotatable bonds is 1. The van der Waals surface area contributed by atoms with Crippen molar-refractivity contribution in [2.75, 3.05) is 0 Å². The fraction of sp³-hybridized carbons (Fsp3) is 0.0833. The molecule has 17 heavy (non-hydrogen) atoms. The van der Waals surface area contributed by atoms with E-state index in [-0.39, 0.29) is 0 Å². The molecule has 1 aromatic carbocycles. The van der Waals surface area contributed by atoms with Crippen molar-refractivity contribution in [2.24, 2.45) is 0 Å². The highest BCUT2D eigenvalue weighted by atomic mass is 16.5. The first-order valence-electron chi connectivity index (χ1n) is 5.27. The van der Waals surface area contributed by atoms with Gasteiger partial charge in [-0.1, -0.05) is 22.9 Å². The molecular weight excluding hydrogens is 216 g/mol. The van der Waals surface area contributed by atoms with E-state index in [1.165, 1.54) is 0 Å². The minimum Gasteiger partial charge on any atom is -0.691 e. The predicted molar refractivity (Wildman–Crippen MR) is 62.6 cm³/mol. The van der Waals surface area contributed by atoms with Crippen molar-refractivity contribution >= 4 is 11.0 Å². The molecule has 0 radical (unpaired) electrons. The van der Waals surface area contributed by atoms with Crippen molar-refractivity contribution < 1.29 is 4.85 Å². The number of para-hydroxylation sites is 2. The number of nitrogens with zero attached hydrogens (tertiary/aromatic N) is 4. The lowest BCUT2D eigenvalue weighted by Crippen LogP contribution is -2.29. The Morgan fingerprint density at radius 2 is 1.94 bits per heavy atom. The van der Waals surface area contributed by atoms with Gasteiger partial charge in [0.15, 0.2) is 0 Å². The molecule has 0 aliphatic heterocycles. The molecule has 0 unspecified atom stereocenters. The number of hydrogen-bond donors (Lipinski definition) is 0. The lowest BCUT2D eigenvalue weighted by molar-refractivity contribution is -0.645. The maximum atomic E-state index is 11.6. The number of aryl methyl sites for hydroxylation is 1. The van der Waals surface area contributed by atoms with Crippen LogP contribution < -0.4 is 4.85 Å². The van der Waals surface area contributed by atoms with E-state index in [0.29, 0.717) is 16.2 Å². The normalized spacial score (nSPS) is 10.9. The van der Waals surface area contributed by atoms with Crippen LogP contribution in [0.1, 0.15) is 5.69 Å². The Bertz CT molecular complexity index is 690. The van der Waals surface area contributed by atoms with Gasteiger partial charge in [-0.05, 0) is 25.1 Å². The number of fused-ring (bicyclic) bond motifs is 1. The molecule has 0 saturated heterocycles. The molecule has 0 aliphatic carbocycles. The highest BCUT2D eigenvalue weighted by molar-refractivity contribution is 5.72. The molecule has 84 valence electrons. The van der Waals surface area contributed by atoms with Crippen LogP contribution in [0.5, 0.6) is 0 Å². The van der Waals surface area contributed by atoms with Crippen molar-refractivity contribution in [2.45, 2.75) is 6.92 Å². The standard InChI is InChI=1S/C12H10N4O/c1-9-5-4-8-12(13-9)15-10-6-2-3-7-11(10)16(17)14-15/h2-8H,1H3. The quantitative estimate of drug-likeness (QED) is 0.465. The van der Waals surface area contributed by atoms with Gasteiger partial charge in [-0.3, -0.25) is 0 Å². The Morgan fingerprint density at radius 1 is 1.12 bits per heavy atom. The minimum atomic E-state index is 0.538. The lowest BCUT2D eigenvalue weighted by atomic mass is 10.3. The maximum absolute atomic E-state index is 11.6. The van der Waals surface area contributed by atoms with Gasteiger partial charge < -0.3 is 5.21 Å². The van der Waals surface area contributed by atoms with Gasteiger partial charge in [0.2, 0.25) is 16.9 Å². The largest absolute Gasteiger partial charge is 0.691 e. The second-order valence-electron chi connectivity index (χ2n) is 3.80. The zero-order chi connectivity index (χ0) is 11.8. The molecular formula is C12H10N4O. The summed E-state index contributed by atoms with van der Waals surface area (Å²) in [5.41, 5.74) is 2.18. The lowest BCUT2D eigenvalue weighted by Gasteiger charge is -1.95. The predicted octanol–water partition coefficient (Wildman–Crippen LogP) is 1.36. The van der Waals surface area contributed by atoms with Crippen LogP contribution >= 0.6 is 0 Å². The zero-order valence-corrected chi connectivity index (χ0v) is 9.24. The topological polar surface area (TPSA) is 57.6 Å². The summed E-state index contributed by atoms with van der Waals surface area (Å²) in [5, 5.41) is 15.5. The Balaban J connectivity index is 2.31.